The molecule has 0 aromatic heterocycles. The van der Waals surface area contributed by atoms with Gasteiger partial charge in [0.05, 0.1) is 12.2 Å². The van der Waals surface area contributed by atoms with Crippen LogP contribution in [0.15, 0.2) is 42.5 Å². The van der Waals surface area contributed by atoms with Crippen molar-refractivity contribution in [2.24, 2.45) is 0 Å². The lowest BCUT2D eigenvalue weighted by Gasteiger charge is -2.12. The van der Waals surface area contributed by atoms with Crippen LogP contribution < -0.4 is 20.9 Å². The van der Waals surface area contributed by atoms with Crippen molar-refractivity contribution >= 4 is 23.4 Å². The molecule has 0 radical (unpaired) electrons. The average molecular weight is 412 g/mol. The summed E-state index contributed by atoms with van der Waals surface area (Å²) in [6, 6.07) is 12.6. The van der Waals surface area contributed by atoms with E-state index in [1.807, 2.05) is 32.0 Å². The number of aryl methyl sites for hydroxylation is 2. The molecule has 0 bridgehead atoms. The second-order valence-electron chi connectivity index (χ2n) is 7.07. The van der Waals surface area contributed by atoms with E-state index in [1.54, 1.807) is 24.3 Å². The number of rotatable bonds is 9. The third-order valence-electron chi connectivity index (χ3n) is 4.44. The van der Waals surface area contributed by atoms with Gasteiger partial charge in [0, 0.05) is 18.5 Å². The van der Waals surface area contributed by atoms with Crippen molar-refractivity contribution in [1.82, 2.24) is 10.9 Å². The van der Waals surface area contributed by atoms with E-state index < -0.39 is 11.8 Å². The second kappa shape index (κ2) is 11.6. The Morgan fingerprint density at radius 2 is 1.67 bits per heavy atom. The molecule has 0 fully saturated rings. The van der Waals surface area contributed by atoms with Crippen LogP contribution in [0.1, 0.15) is 54.1 Å². The molecule has 30 heavy (non-hydrogen) atoms. The van der Waals surface area contributed by atoms with E-state index in [9.17, 15) is 14.4 Å². The van der Waals surface area contributed by atoms with Crippen LogP contribution in [0, 0.1) is 13.8 Å². The number of hydrogen-bond donors (Lipinski definition) is 3. The number of ether oxygens (including phenoxy) is 1. The fourth-order valence-corrected chi connectivity index (χ4v) is 2.76. The molecule has 0 saturated carbocycles. The van der Waals surface area contributed by atoms with E-state index in [2.05, 4.69) is 23.1 Å². The van der Waals surface area contributed by atoms with Crippen LogP contribution >= 0.6 is 0 Å². The molecular formula is C23H29N3O4. The Bertz CT molecular complexity index is 896. The van der Waals surface area contributed by atoms with Gasteiger partial charge in [-0.3, -0.25) is 25.2 Å². The maximum Gasteiger partial charge on any atom is 0.273 e. The van der Waals surface area contributed by atoms with E-state index >= 15 is 0 Å². The standard InChI is InChI=1S/C23H29N3O4/c1-4-5-14-30-20-9-7-6-8-18(20)23(29)26-25-22(28)13-12-21(27)24-19-11-10-16(2)15-17(19)3/h6-11,15H,4-5,12-14H2,1-3H3,(H,24,27)(H,25,28)(H,26,29). The minimum atomic E-state index is -0.477. The smallest absolute Gasteiger partial charge is 0.273 e. The number of carbonyl (C=O) groups excluding carboxylic acids is 3. The third-order valence-corrected chi connectivity index (χ3v) is 4.44. The summed E-state index contributed by atoms with van der Waals surface area (Å²) in [5.41, 5.74) is 7.83. The van der Waals surface area contributed by atoms with Crippen molar-refractivity contribution in [3.63, 3.8) is 0 Å². The van der Waals surface area contributed by atoms with E-state index in [1.165, 1.54) is 0 Å². The highest BCUT2D eigenvalue weighted by molar-refractivity contribution is 5.98. The van der Waals surface area contributed by atoms with E-state index in [4.69, 9.17) is 4.74 Å². The third kappa shape index (κ3) is 7.24. The van der Waals surface area contributed by atoms with E-state index in [0.29, 0.717) is 17.9 Å². The Kier molecular flexibility index (Phi) is 8.87. The van der Waals surface area contributed by atoms with Gasteiger partial charge in [0.1, 0.15) is 5.75 Å². The van der Waals surface area contributed by atoms with Crippen molar-refractivity contribution in [3.8, 4) is 5.75 Å². The quantitative estimate of drug-likeness (QED) is 0.433. The van der Waals surface area contributed by atoms with E-state index in [-0.39, 0.29) is 18.7 Å². The lowest BCUT2D eigenvalue weighted by Crippen LogP contribution is -2.42. The highest BCUT2D eigenvalue weighted by Gasteiger charge is 2.14. The van der Waals surface area contributed by atoms with Gasteiger partial charge in [0.2, 0.25) is 11.8 Å². The molecule has 3 N–H and O–H groups in total. The largest absolute Gasteiger partial charge is 0.493 e. The number of amides is 3. The van der Waals surface area contributed by atoms with Crippen LogP contribution in [0.5, 0.6) is 5.75 Å². The molecular weight excluding hydrogens is 382 g/mol. The number of para-hydroxylation sites is 1. The van der Waals surface area contributed by atoms with Crippen LogP contribution in [-0.4, -0.2) is 24.3 Å². The van der Waals surface area contributed by atoms with Gasteiger partial charge in [-0.1, -0.05) is 43.2 Å². The van der Waals surface area contributed by atoms with Crippen LogP contribution in [-0.2, 0) is 9.59 Å². The van der Waals surface area contributed by atoms with Gasteiger partial charge in [-0.15, -0.1) is 0 Å². The van der Waals surface area contributed by atoms with Crippen molar-refractivity contribution in [2.45, 2.75) is 46.5 Å². The Balaban J connectivity index is 1.79. The lowest BCUT2D eigenvalue weighted by atomic mass is 10.1. The minimum Gasteiger partial charge on any atom is -0.493 e. The number of hydrazine groups is 1. The lowest BCUT2D eigenvalue weighted by molar-refractivity contribution is -0.124. The zero-order valence-electron chi connectivity index (χ0n) is 17.7. The first-order valence-electron chi connectivity index (χ1n) is 10.1. The predicted molar refractivity (Wildman–Crippen MR) is 116 cm³/mol. The zero-order valence-corrected chi connectivity index (χ0v) is 17.7. The van der Waals surface area contributed by atoms with Crippen LogP contribution in [0.2, 0.25) is 0 Å². The molecule has 7 nitrogen and oxygen atoms in total. The molecule has 2 aromatic carbocycles. The predicted octanol–water partition coefficient (Wildman–Crippen LogP) is 3.66. The first-order chi connectivity index (χ1) is 14.4. The minimum absolute atomic E-state index is 0.00569. The molecule has 0 heterocycles. The summed E-state index contributed by atoms with van der Waals surface area (Å²) in [7, 11) is 0. The highest BCUT2D eigenvalue weighted by Crippen LogP contribution is 2.18. The van der Waals surface area contributed by atoms with Gasteiger partial charge in [0.25, 0.3) is 5.91 Å². The van der Waals surface area contributed by atoms with Gasteiger partial charge >= 0.3 is 0 Å². The Hall–Kier alpha value is -3.35. The highest BCUT2D eigenvalue weighted by atomic mass is 16.5. The Morgan fingerprint density at radius 3 is 2.40 bits per heavy atom. The number of carbonyl (C=O) groups is 3. The fourth-order valence-electron chi connectivity index (χ4n) is 2.76. The summed E-state index contributed by atoms with van der Waals surface area (Å²) < 4.78 is 5.63. The zero-order chi connectivity index (χ0) is 21.9. The summed E-state index contributed by atoms with van der Waals surface area (Å²) in [5, 5.41) is 2.79. The molecule has 0 saturated heterocycles. The molecule has 0 aliphatic rings. The molecule has 0 atom stereocenters. The maximum atomic E-state index is 12.4. The molecule has 2 rings (SSSR count). The molecule has 0 spiro atoms. The van der Waals surface area contributed by atoms with Gasteiger partial charge in [-0.2, -0.15) is 0 Å². The number of hydrogen-bond acceptors (Lipinski definition) is 4. The first-order valence-corrected chi connectivity index (χ1v) is 10.1. The van der Waals surface area contributed by atoms with Gasteiger partial charge in [-0.25, -0.2) is 0 Å². The van der Waals surface area contributed by atoms with Crippen LogP contribution in [0.25, 0.3) is 0 Å². The Morgan fingerprint density at radius 1 is 0.933 bits per heavy atom. The topological polar surface area (TPSA) is 96.5 Å². The number of anilines is 1. The number of benzene rings is 2. The molecule has 0 aliphatic heterocycles. The SMILES string of the molecule is CCCCOc1ccccc1C(=O)NNC(=O)CCC(=O)Nc1ccc(C)cc1C. The van der Waals surface area contributed by atoms with E-state index in [0.717, 1.165) is 29.7 Å². The monoisotopic (exact) mass is 411 g/mol. The van der Waals surface area contributed by atoms with Gasteiger partial charge < -0.3 is 10.1 Å². The van der Waals surface area contributed by atoms with Crippen molar-refractivity contribution in [1.29, 1.82) is 0 Å². The summed E-state index contributed by atoms with van der Waals surface area (Å²) in [6.45, 7) is 6.46. The number of unbranched alkanes of at least 4 members (excludes halogenated alkanes) is 1. The summed E-state index contributed by atoms with van der Waals surface area (Å²) in [6.07, 6.45) is 1.83. The molecule has 160 valence electrons. The Labute approximate surface area is 177 Å². The van der Waals surface area contributed by atoms with Crippen molar-refractivity contribution in [2.75, 3.05) is 11.9 Å². The first kappa shape index (κ1) is 22.9. The molecule has 3 amide bonds. The van der Waals surface area contributed by atoms with Crippen molar-refractivity contribution in [3.05, 3.63) is 59.2 Å². The normalized spacial score (nSPS) is 10.2. The van der Waals surface area contributed by atoms with Gasteiger partial charge in [0.15, 0.2) is 0 Å². The maximum absolute atomic E-state index is 12.4. The van der Waals surface area contributed by atoms with Crippen molar-refractivity contribution < 1.29 is 19.1 Å². The fraction of sp³-hybridized carbons (Fsp3) is 0.348. The van der Waals surface area contributed by atoms with Gasteiger partial charge in [-0.05, 0) is 44.0 Å². The summed E-state index contributed by atoms with van der Waals surface area (Å²) in [5.74, 6) is -0.734. The molecule has 0 unspecified atom stereocenters. The number of nitrogens with one attached hydrogen (secondary N) is 3. The van der Waals surface area contributed by atoms with Crippen LogP contribution in [0.4, 0.5) is 5.69 Å². The average Bonchev–Trinajstić information content (AvgIpc) is 2.73. The summed E-state index contributed by atoms with van der Waals surface area (Å²) in [4.78, 5) is 36.5. The summed E-state index contributed by atoms with van der Waals surface area (Å²) >= 11 is 0. The molecule has 7 heteroatoms. The van der Waals surface area contributed by atoms with Crippen LogP contribution in [0.3, 0.4) is 0 Å². The second-order valence-corrected chi connectivity index (χ2v) is 7.07. The molecule has 0 aliphatic carbocycles. The molecule has 2 aromatic rings.